The smallest absolute Gasteiger partial charge is 0.275 e. The van der Waals surface area contributed by atoms with Gasteiger partial charge in [0.05, 0.1) is 11.1 Å². The number of nitrogens with zero attached hydrogens (tertiary/aromatic N) is 3. The number of hydrogen-bond donors (Lipinski definition) is 1. The molecule has 1 N–H and O–H groups in total. The van der Waals surface area contributed by atoms with Crippen LogP contribution in [0.4, 0.5) is 15.9 Å². The minimum atomic E-state index is -0.526. The van der Waals surface area contributed by atoms with E-state index in [2.05, 4.69) is 10.4 Å². The Kier molecular flexibility index (Phi) is 4.71. The average Bonchev–Trinajstić information content (AvgIpc) is 2.59. The van der Waals surface area contributed by atoms with Crippen molar-refractivity contribution < 1.29 is 9.18 Å². The average molecular weight is 354 g/mol. The molecule has 134 valence electrons. The number of halogens is 1. The zero-order chi connectivity index (χ0) is 18.8. The van der Waals surface area contributed by atoms with Crippen molar-refractivity contribution in [1.82, 2.24) is 9.78 Å². The van der Waals surface area contributed by atoms with Gasteiger partial charge in [-0.3, -0.25) is 9.59 Å². The lowest BCUT2D eigenvalue weighted by atomic mass is 10.2. The molecule has 3 aromatic rings. The summed E-state index contributed by atoms with van der Waals surface area (Å²) in [7, 11) is 3.62. The van der Waals surface area contributed by atoms with E-state index in [4.69, 9.17) is 0 Å². The number of benzene rings is 2. The highest BCUT2D eigenvalue weighted by atomic mass is 19.1. The van der Waals surface area contributed by atoms with Gasteiger partial charge in [0.2, 0.25) is 5.91 Å². The number of carbonyl (C=O) groups is 1. The molecule has 0 saturated heterocycles. The number of hydrogen-bond acceptors (Lipinski definition) is 4. The maximum absolute atomic E-state index is 13.9. The highest BCUT2D eigenvalue weighted by molar-refractivity contribution is 5.93. The van der Waals surface area contributed by atoms with Crippen LogP contribution in [0, 0.1) is 12.7 Å². The van der Waals surface area contributed by atoms with Crippen molar-refractivity contribution in [2.24, 2.45) is 0 Å². The number of fused-ring (bicyclic) bond motifs is 1. The molecule has 0 aliphatic rings. The van der Waals surface area contributed by atoms with Crippen molar-refractivity contribution >= 4 is 28.2 Å². The lowest BCUT2D eigenvalue weighted by Gasteiger charge is -2.16. The lowest BCUT2D eigenvalue weighted by Crippen LogP contribution is -2.31. The molecule has 0 radical (unpaired) electrons. The first-order valence-corrected chi connectivity index (χ1v) is 8.10. The summed E-state index contributed by atoms with van der Waals surface area (Å²) in [5.74, 6) is -0.469. The molecule has 0 saturated carbocycles. The number of carbonyl (C=O) groups excluding carboxylic acids is 1. The van der Waals surface area contributed by atoms with Gasteiger partial charge in [-0.15, -0.1) is 0 Å². The van der Waals surface area contributed by atoms with Crippen molar-refractivity contribution in [3.05, 3.63) is 64.2 Å². The minimum Gasteiger partial charge on any atom is -0.361 e. The Morgan fingerprint density at radius 1 is 1.19 bits per heavy atom. The zero-order valence-corrected chi connectivity index (χ0v) is 14.8. The monoisotopic (exact) mass is 354 g/mol. The fourth-order valence-electron chi connectivity index (χ4n) is 2.70. The van der Waals surface area contributed by atoms with Gasteiger partial charge in [-0.05, 0) is 30.7 Å². The number of aromatic nitrogens is 2. The molecule has 7 heteroatoms. The Morgan fingerprint density at radius 2 is 1.88 bits per heavy atom. The first-order valence-electron chi connectivity index (χ1n) is 8.10. The standard InChI is InChI=1S/C19H19FN4O2/c1-12-8-9-16(15(20)10-12)21-17(25)11-24-19(26)14-7-5-4-6-13(14)18(22-24)23(2)3/h4-10H,11H2,1-3H3,(H,21,25). The fraction of sp³-hybridized carbons (Fsp3) is 0.211. The summed E-state index contributed by atoms with van der Waals surface area (Å²) < 4.78 is 15.0. The SMILES string of the molecule is Cc1ccc(NC(=O)Cn2nc(N(C)C)c3ccccc3c2=O)c(F)c1. The van der Waals surface area contributed by atoms with Crippen LogP contribution >= 0.6 is 0 Å². The number of amides is 1. The second-order valence-electron chi connectivity index (χ2n) is 6.26. The molecule has 26 heavy (non-hydrogen) atoms. The normalized spacial score (nSPS) is 10.8. The van der Waals surface area contributed by atoms with Crippen LogP contribution in [0.2, 0.25) is 0 Å². The predicted molar refractivity (Wildman–Crippen MR) is 100 cm³/mol. The predicted octanol–water partition coefficient (Wildman–Crippen LogP) is 2.55. The molecular formula is C19H19FN4O2. The molecule has 1 amide bonds. The molecule has 1 aromatic heterocycles. The molecule has 0 atom stereocenters. The molecule has 0 bridgehead atoms. The number of anilines is 2. The number of aryl methyl sites for hydroxylation is 1. The molecular weight excluding hydrogens is 335 g/mol. The van der Waals surface area contributed by atoms with Crippen LogP contribution in [0.5, 0.6) is 0 Å². The molecule has 1 heterocycles. The van der Waals surface area contributed by atoms with E-state index in [9.17, 15) is 14.0 Å². The first kappa shape index (κ1) is 17.6. The van der Waals surface area contributed by atoms with Gasteiger partial charge >= 0.3 is 0 Å². The van der Waals surface area contributed by atoms with Gasteiger partial charge in [0.15, 0.2) is 5.82 Å². The van der Waals surface area contributed by atoms with Gasteiger partial charge in [-0.2, -0.15) is 5.10 Å². The summed E-state index contributed by atoms with van der Waals surface area (Å²) in [6.45, 7) is 1.45. The molecule has 0 aliphatic heterocycles. The third kappa shape index (κ3) is 3.42. The lowest BCUT2D eigenvalue weighted by molar-refractivity contribution is -0.117. The van der Waals surface area contributed by atoms with E-state index in [0.29, 0.717) is 16.6 Å². The zero-order valence-electron chi connectivity index (χ0n) is 14.8. The van der Waals surface area contributed by atoms with E-state index < -0.39 is 11.7 Å². The minimum absolute atomic E-state index is 0.0715. The number of rotatable bonds is 4. The van der Waals surface area contributed by atoms with Crippen molar-refractivity contribution in [3.63, 3.8) is 0 Å². The van der Waals surface area contributed by atoms with Crippen molar-refractivity contribution in [3.8, 4) is 0 Å². The van der Waals surface area contributed by atoms with Gasteiger partial charge in [-0.25, -0.2) is 9.07 Å². The summed E-state index contributed by atoms with van der Waals surface area (Å²) >= 11 is 0. The van der Waals surface area contributed by atoms with Crippen LogP contribution < -0.4 is 15.8 Å². The van der Waals surface area contributed by atoms with Gasteiger partial charge in [-0.1, -0.05) is 24.3 Å². The topological polar surface area (TPSA) is 67.2 Å². The highest BCUT2D eigenvalue weighted by Gasteiger charge is 2.15. The maximum Gasteiger partial charge on any atom is 0.275 e. The summed E-state index contributed by atoms with van der Waals surface area (Å²) in [5.41, 5.74) is 0.455. The van der Waals surface area contributed by atoms with Gasteiger partial charge in [0.25, 0.3) is 5.56 Å². The van der Waals surface area contributed by atoms with E-state index in [-0.39, 0.29) is 17.8 Å². The van der Waals surface area contributed by atoms with E-state index in [1.807, 2.05) is 26.2 Å². The third-order valence-corrected chi connectivity index (χ3v) is 3.96. The van der Waals surface area contributed by atoms with Crippen LogP contribution in [0.25, 0.3) is 10.8 Å². The third-order valence-electron chi connectivity index (χ3n) is 3.96. The van der Waals surface area contributed by atoms with Gasteiger partial charge < -0.3 is 10.2 Å². The fourth-order valence-corrected chi connectivity index (χ4v) is 2.70. The first-order chi connectivity index (χ1) is 12.4. The summed E-state index contributed by atoms with van der Waals surface area (Å²) in [4.78, 5) is 26.7. The molecule has 0 unspecified atom stereocenters. The van der Waals surface area contributed by atoms with Crippen LogP contribution in [-0.4, -0.2) is 29.8 Å². The van der Waals surface area contributed by atoms with E-state index in [0.717, 1.165) is 10.2 Å². The van der Waals surface area contributed by atoms with E-state index in [1.54, 1.807) is 30.0 Å². The quantitative estimate of drug-likeness (QED) is 0.782. The van der Waals surface area contributed by atoms with Crippen LogP contribution in [0.1, 0.15) is 5.56 Å². The molecule has 2 aromatic carbocycles. The van der Waals surface area contributed by atoms with Crippen molar-refractivity contribution in [2.75, 3.05) is 24.3 Å². The Bertz CT molecular complexity index is 1040. The van der Waals surface area contributed by atoms with Gasteiger partial charge in [0.1, 0.15) is 12.4 Å². The summed E-state index contributed by atoms with van der Waals surface area (Å²) in [6, 6.07) is 11.6. The van der Waals surface area contributed by atoms with Gasteiger partial charge in [0, 0.05) is 19.5 Å². The van der Waals surface area contributed by atoms with Crippen LogP contribution in [0.15, 0.2) is 47.3 Å². The van der Waals surface area contributed by atoms with E-state index in [1.165, 1.54) is 12.1 Å². The maximum atomic E-state index is 13.9. The molecule has 0 fully saturated rings. The van der Waals surface area contributed by atoms with Crippen molar-refractivity contribution in [2.45, 2.75) is 13.5 Å². The van der Waals surface area contributed by atoms with Crippen LogP contribution in [-0.2, 0) is 11.3 Å². The second-order valence-corrected chi connectivity index (χ2v) is 6.26. The highest BCUT2D eigenvalue weighted by Crippen LogP contribution is 2.20. The Hall–Kier alpha value is -3.22. The molecule has 3 rings (SSSR count). The summed E-state index contributed by atoms with van der Waals surface area (Å²) in [5, 5.41) is 7.96. The molecule has 0 aliphatic carbocycles. The number of nitrogens with one attached hydrogen (secondary N) is 1. The largest absolute Gasteiger partial charge is 0.361 e. The Morgan fingerprint density at radius 3 is 2.54 bits per heavy atom. The Labute approximate surface area is 149 Å². The molecule has 6 nitrogen and oxygen atoms in total. The Balaban J connectivity index is 1.94. The van der Waals surface area contributed by atoms with E-state index >= 15 is 0 Å². The van der Waals surface area contributed by atoms with Crippen LogP contribution in [0.3, 0.4) is 0 Å². The second kappa shape index (κ2) is 6.95. The summed E-state index contributed by atoms with van der Waals surface area (Å²) in [6.07, 6.45) is 0. The van der Waals surface area contributed by atoms with Crippen molar-refractivity contribution in [1.29, 1.82) is 0 Å². The molecule has 0 spiro atoms.